The van der Waals surface area contributed by atoms with Gasteiger partial charge in [-0.1, -0.05) is 54.6 Å². The quantitative estimate of drug-likeness (QED) is 0.190. The van der Waals surface area contributed by atoms with Gasteiger partial charge >= 0.3 is 12.1 Å². The summed E-state index contributed by atoms with van der Waals surface area (Å²) in [5, 5.41) is 17.5. The van der Waals surface area contributed by atoms with E-state index >= 15 is 0 Å². The second-order valence-corrected chi connectivity index (χ2v) is 9.41. The highest BCUT2D eigenvalue weighted by molar-refractivity contribution is 5.92. The SMILES string of the molecule is Cc1cccc2[nH]c(-c3ccc(-c4cccc(CNCCNC(=O)c5ccnn5C)c4)cc3)nc12.O=C(O)C(F)(F)F. The average Bonchev–Trinajstić information content (AvgIpc) is 3.60. The van der Waals surface area contributed by atoms with Gasteiger partial charge in [-0.15, -0.1) is 0 Å². The Morgan fingerprint density at radius 1 is 0.952 bits per heavy atom. The minimum Gasteiger partial charge on any atom is -0.475 e. The molecule has 4 N–H and O–H groups in total. The van der Waals surface area contributed by atoms with Crippen molar-refractivity contribution in [1.29, 1.82) is 0 Å². The number of carboxylic acids is 1. The lowest BCUT2D eigenvalue weighted by Gasteiger charge is -2.09. The van der Waals surface area contributed by atoms with Crippen LogP contribution in [0.15, 0.2) is 79.0 Å². The normalized spacial score (nSPS) is 11.2. The Bertz CT molecular complexity index is 1680. The van der Waals surface area contributed by atoms with Crippen LogP contribution in [0, 0.1) is 6.92 Å². The van der Waals surface area contributed by atoms with E-state index in [9.17, 15) is 18.0 Å². The van der Waals surface area contributed by atoms with E-state index in [0.717, 1.165) is 34.5 Å². The van der Waals surface area contributed by atoms with Gasteiger partial charge in [0.25, 0.3) is 5.91 Å². The molecule has 0 unspecified atom stereocenters. The number of rotatable bonds is 8. The van der Waals surface area contributed by atoms with Gasteiger partial charge in [-0.2, -0.15) is 18.3 Å². The van der Waals surface area contributed by atoms with Gasteiger partial charge in [0.2, 0.25) is 0 Å². The van der Waals surface area contributed by atoms with Gasteiger partial charge in [0.05, 0.1) is 11.0 Å². The number of aromatic amines is 1. The van der Waals surface area contributed by atoms with E-state index in [0.29, 0.717) is 18.8 Å². The molecule has 0 bridgehead atoms. The summed E-state index contributed by atoms with van der Waals surface area (Å²) in [5.41, 5.74) is 8.38. The fourth-order valence-electron chi connectivity index (χ4n) is 4.18. The van der Waals surface area contributed by atoms with Crippen molar-refractivity contribution in [2.24, 2.45) is 7.05 Å². The number of aromatic nitrogens is 4. The predicted molar refractivity (Wildman–Crippen MR) is 153 cm³/mol. The van der Waals surface area contributed by atoms with Crippen LogP contribution >= 0.6 is 0 Å². The Hall–Kier alpha value is -4.97. The van der Waals surface area contributed by atoms with Crippen LogP contribution in [-0.2, 0) is 18.4 Å². The van der Waals surface area contributed by atoms with E-state index in [1.807, 2.05) is 6.07 Å². The molecule has 0 saturated carbocycles. The number of nitrogens with one attached hydrogen (secondary N) is 3. The summed E-state index contributed by atoms with van der Waals surface area (Å²) in [5.74, 6) is -1.99. The van der Waals surface area contributed by atoms with E-state index in [4.69, 9.17) is 14.9 Å². The van der Waals surface area contributed by atoms with Crippen molar-refractivity contribution in [3.8, 4) is 22.5 Å². The van der Waals surface area contributed by atoms with Gasteiger partial charge in [0.1, 0.15) is 11.5 Å². The summed E-state index contributed by atoms with van der Waals surface area (Å²) in [6, 6.07) is 24.9. The number of alkyl halides is 3. The molecule has 12 heteroatoms. The standard InChI is InChI=1S/C28H28N6O.C2HF3O2/c1-19-5-3-8-24-26(19)33-27(32-24)22-11-9-21(10-12-22)23-7-4-6-20(17-23)18-29-15-16-30-28(35)25-13-14-31-34(25)2;3-2(4,5)1(6)7/h3-14,17,29H,15-16,18H2,1-2H3,(H,30,35)(H,32,33);(H,6,7). The zero-order valence-electron chi connectivity index (χ0n) is 22.9. The number of benzene rings is 3. The molecule has 0 spiro atoms. The first-order chi connectivity index (χ1) is 20.0. The number of para-hydroxylation sites is 1. The number of aliphatic carboxylic acids is 1. The second kappa shape index (κ2) is 13.1. The number of carbonyl (C=O) groups is 2. The monoisotopic (exact) mass is 578 g/mol. The summed E-state index contributed by atoms with van der Waals surface area (Å²) < 4.78 is 33.3. The van der Waals surface area contributed by atoms with Gasteiger partial charge in [0, 0.05) is 38.4 Å². The number of carbonyl (C=O) groups excluding carboxylic acids is 1. The molecule has 5 rings (SSSR count). The third-order valence-corrected chi connectivity index (χ3v) is 6.35. The largest absolute Gasteiger partial charge is 0.490 e. The number of halogens is 3. The molecule has 42 heavy (non-hydrogen) atoms. The summed E-state index contributed by atoms with van der Waals surface area (Å²) in [6.45, 7) is 4.04. The van der Waals surface area contributed by atoms with Crippen molar-refractivity contribution in [2.45, 2.75) is 19.6 Å². The number of fused-ring (bicyclic) bond motifs is 1. The molecule has 0 fully saturated rings. The lowest BCUT2D eigenvalue weighted by atomic mass is 10.0. The molecular formula is C30H29F3N6O3. The topological polar surface area (TPSA) is 125 Å². The van der Waals surface area contributed by atoms with E-state index in [1.54, 1.807) is 24.0 Å². The number of imidazole rings is 1. The zero-order chi connectivity index (χ0) is 30.3. The number of hydrogen-bond acceptors (Lipinski definition) is 5. The molecular weight excluding hydrogens is 549 g/mol. The Morgan fingerprint density at radius 3 is 2.29 bits per heavy atom. The number of nitrogens with zero attached hydrogens (tertiary/aromatic N) is 3. The van der Waals surface area contributed by atoms with E-state index in [2.05, 4.69) is 88.3 Å². The molecule has 0 radical (unpaired) electrons. The highest BCUT2D eigenvalue weighted by Crippen LogP contribution is 2.26. The molecule has 0 atom stereocenters. The highest BCUT2D eigenvalue weighted by Gasteiger charge is 2.38. The van der Waals surface area contributed by atoms with E-state index in [1.165, 1.54) is 16.7 Å². The molecule has 0 aliphatic heterocycles. The lowest BCUT2D eigenvalue weighted by molar-refractivity contribution is -0.192. The smallest absolute Gasteiger partial charge is 0.475 e. The molecule has 0 aliphatic rings. The summed E-state index contributed by atoms with van der Waals surface area (Å²) in [7, 11) is 1.76. The molecule has 218 valence electrons. The number of aryl methyl sites for hydroxylation is 2. The van der Waals surface area contributed by atoms with Crippen LogP contribution in [0.3, 0.4) is 0 Å². The minimum absolute atomic E-state index is 0.116. The van der Waals surface area contributed by atoms with Gasteiger partial charge in [0.15, 0.2) is 0 Å². The molecule has 2 heterocycles. The third-order valence-electron chi connectivity index (χ3n) is 6.35. The molecule has 0 saturated heterocycles. The summed E-state index contributed by atoms with van der Waals surface area (Å²) >= 11 is 0. The molecule has 5 aromatic rings. The number of carboxylic acid groups (broad SMARTS) is 1. The molecule has 9 nitrogen and oxygen atoms in total. The lowest BCUT2D eigenvalue weighted by Crippen LogP contribution is -2.32. The Kier molecular flexibility index (Phi) is 9.38. The first-order valence-electron chi connectivity index (χ1n) is 12.9. The Morgan fingerprint density at radius 2 is 1.64 bits per heavy atom. The zero-order valence-corrected chi connectivity index (χ0v) is 22.9. The number of hydrogen-bond donors (Lipinski definition) is 4. The van der Waals surface area contributed by atoms with Gasteiger partial charge < -0.3 is 20.7 Å². The fourth-order valence-corrected chi connectivity index (χ4v) is 4.18. The fraction of sp³-hybridized carbons (Fsp3) is 0.200. The van der Waals surface area contributed by atoms with Gasteiger partial charge in [-0.25, -0.2) is 9.78 Å². The first-order valence-corrected chi connectivity index (χ1v) is 12.9. The van der Waals surface area contributed by atoms with Crippen molar-refractivity contribution >= 4 is 22.9 Å². The third kappa shape index (κ3) is 7.61. The van der Waals surface area contributed by atoms with Crippen molar-refractivity contribution in [3.63, 3.8) is 0 Å². The molecule has 2 aromatic heterocycles. The maximum Gasteiger partial charge on any atom is 0.490 e. The Balaban J connectivity index is 0.000000517. The van der Waals surface area contributed by atoms with Crippen LogP contribution in [0.4, 0.5) is 13.2 Å². The van der Waals surface area contributed by atoms with Crippen molar-refractivity contribution < 1.29 is 27.9 Å². The molecule has 3 aromatic carbocycles. The molecule has 1 amide bonds. The Labute approximate surface area is 239 Å². The van der Waals surface area contributed by atoms with Gasteiger partial charge in [-0.3, -0.25) is 9.48 Å². The van der Waals surface area contributed by atoms with Crippen molar-refractivity contribution in [1.82, 2.24) is 30.4 Å². The highest BCUT2D eigenvalue weighted by atomic mass is 19.4. The van der Waals surface area contributed by atoms with E-state index in [-0.39, 0.29) is 5.91 Å². The van der Waals surface area contributed by atoms with Crippen LogP contribution in [-0.4, -0.2) is 56.0 Å². The number of amides is 1. The van der Waals surface area contributed by atoms with Gasteiger partial charge in [-0.05, 0) is 47.4 Å². The van der Waals surface area contributed by atoms with Crippen molar-refractivity contribution in [3.05, 3.63) is 95.8 Å². The predicted octanol–water partition coefficient (Wildman–Crippen LogP) is 5.09. The second-order valence-electron chi connectivity index (χ2n) is 9.41. The van der Waals surface area contributed by atoms with Crippen LogP contribution in [0.1, 0.15) is 21.6 Å². The first kappa shape index (κ1) is 30.0. The maximum absolute atomic E-state index is 12.1. The van der Waals surface area contributed by atoms with Crippen LogP contribution in [0.25, 0.3) is 33.5 Å². The number of H-pyrrole nitrogens is 1. The minimum atomic E-state index is -5.08. The van der Waals surface area contributed by atoms with Crippen molar-refractivity contribution in [2.75, 3.05) is 13.1 Å². The van der Waals surface area contributed by atoms with Crippen LogP contribution < -0.4 is 10.6 Å². The van der Waals surface area contributed by atoms with E-state index < -0.39 is 12.1 Å². The molecule has 0 aliphatic carbocycles. The van der Waals surface area contributed by atoms with Crippen LogP contribution in [0.2, 0.25) is 0 Å². The average molecular weight is 579 g/mol. The summed E-state index contributed by atoms with van der Waals surface area (Å²) in [4.78, 5) is 29.2. The summed E-state index contributed by atoms with van der Waals surface area (Å²) in [6.07, 6.45) is -3.46. The maximum atomic E-state index is 12.1. The van der Waals surface area contributed by atoms with Crippen LogP contribution in [0.5, 0.6) is 0 Å².